The molecule has 6 heteroatoms. The Bertz CT molecular complexity index is 599. The lowest BCUT2D eigenvalue weighted by Crippen LogP contribution is -2.23. The van der Waals surface area contributed by atoms with Crippen molar-refractivity contribution in [3.05, 3.63) is 18.2 Å². The average Bonchev–Trinajstić information content (AvgIpc) is 2.83. The predicted octanol–water partition coefficient (Wildman–Crippen LogP) is 2.55. The van der Waals surface area contributed by atoms with Crippen molar-refractivity contribution in [1.82, 2.24) is 4.31 Å². The Morgan fingerprint density at radius 1 is 1.29 bits per heavy atom. The van der Waals surface area contributed by atoms with Gasteiger partial charge in [-0.15, -0.1) is 0 Å². The molecule has 0 amide bonds. The number of sulfonamides is 1. The van der Waals surface area contributed by atoms with Crippen LogP contribution in [0.25, 0.3) is 0 Å². The van der Waals surface area contributed by atoms with E-state index in [0.717, 1.165) is 24.4 Å². The van der Waals surface area contributed by atoms with E-state index in [1.165, 1.54) is 31.9 Å². The first-order chi connectivity index (χ1) is 9.84. The van der Waals surface area contributed by atoms with Crippen LogP contribution >= 0.6 is 0 Å². The van der Waals surface area contributed by atoms with E-state index in [0.29, 0.717) is 11.8 Å². The van der Waals surface area contributed by atoms with Crippen molar-refractivity contribution >= 4 is 15.7 Å². The van der Waals surface area contributed by atoms with Crippen LogP contribution in [0.4, 0.5) is 5.69 Å². The Balaban J connectivity index is 2.24. The van der Waals surface area contributed by atoms with Crippen LogP contribution in [0.1, 0.15) is 26.2 Å². The van der Waals surface area contributed by atoms with Crippen molar-refractivity contribution in [2.75, 3.05) is 26.5 Å². The zero-order chi connectivity index (χ0) is 15.6. The molecular weight excluding hydrogens is 288 g/mol. The van der Waals surface area contributed by atoms with Crippen LogP contribution in [0, 0.1) is 5.92 Å². The summed E-state index contributed by atoms with van der Waals surface area (Å²) < 4.78 is 30.9. The molecule has 1 aliphatic rings. The van der Waals surface area contributed by atoms with Gasteiger partial charge in [-0.2, -0.15) is 0 Å². The smallest absolute Gasteiger partial charge is 0.246 e. The highest BCUT2D eigenvalue weighted by Crippen LogP contribution is 2.32. The Hall–Kier alpha value is -1.27. The van der Waals surface area contributed by atoms with Crippen LogP contribution in [0.5, 0.6) is 5.75 Å². The molecule has 1 N–H and O–H groups in total. The maximum absolute atomic E-state index is 12.2. The zero-order valence-corrected chi connectivity index (χ0v) is 13.9. The molecule has 1 fully saturated rings. The summed E-state index contributed by atoms with van der Waals surface area (Å²) in [6, 6.07) is 5.64. The lowest BCUT2D eigenvalue weighted by molar-refractivity contribution is 0.400. The highest BCUT2D eigenvalue weighted by atomic mass is 32.2. The molecule has 0 spiro atoms. The fraction of sp³-hybridized carbons (Fsp3) is 0.600. The largest absolute Gasteiger partial charge is 0.495 e. The molecule has 1 aliphatic carbocycles. The van der Waals surface area contributed by atoms with Crippen molar-refractivity contribution in [3.63, 3.8) is 0 Å². The number of benzene rings is 1. The Labute approximate surface area is 127 Å². The van der Waals surface area contributed by atoms with Crippen molar-refractivity contribution in [2.45, 2.75) is 37.1 Å². The van der Waals surface area contributed by atoms with Gasteiger partial charge in [0.05, 0.1) is 7.11 Å². The summed E-state index contributed by atoms with van der Waals surface area (Å²) in [5, 5.41) is 3.47. The quantitative estimate of drug-likeness (QED) is 0.908. The standard InChI is InChI=1S/C15H24N2O3S/c1-11-5-6-12(9-11)16-13-7-8-15(14(10-13)20-4)21(18,19)17(2)3/h7-8,10-12,16H,5-6,9H2,1-4H3/t11-,12+/m1/s1. The maximum atomic E-state index is 12.2. The maximum Gasteiger partial charge on any atom is 0.246 e. The highest BCUT2D eigenvalue weighted by Gasteiger charge is 2.24. The normalized spacial score (nSPS) is 22.5. The molecule has 1 aromatic rings. The molecule has 0 saturated heterocycles. The molecule has 0 bridgehead atoms. The summed E-state index contributed by atoms with van der Waals surface area (Å²) >= 11 is 0. The van der Waals surface area contributed by atoms with Crippen molar-refractivity contribution in [1.29, 1.82) is 0 Å². The number of hydrogen-bond donors (Lipinski definition) is 1. The van der Waals surface area contributed by atoms with Gasteiger partial charge >= 0.3 is 0 Å². The van der Waals surface area contributed by atoms with Gasteiger partial charge < -0.3 is 10.1 Å². The van der Waals surface area contributed by atoms with Gasteiger partial charge in [-0.25, -0.2) is 12.7 Å². The van der Waals surface area contributed by atoms with E-state index in [-0.39, 0.29) is 4.90 Å². The average molecular weight is 312 g/mol. The zero-order valence-electron chi connectivity index (χ0n) is 13.1. The van der Waals surface area contributed by atoms with Gasteiger partial charge in [0, 0.05) is 31.9 Å². The first-order valence-corrected chi connectivity index (χ1v) is 8.65. The molecule has 0 unspecified atom stereocenters. The molecule has 0 heterocycles. The molecule has 2 atom stereocenters. The number of nitrogens with one attached hydrogen (secondary N) is 1. The number of methoxy groups -OCH3 is 1. The van der Waals surface area contributed by atoms with Crippen molar-refractivity contribution < 1.29 is 13.2 Å². The monoisotopic (exact) mass is 312 g/mol. The predicted molar refractivity (Wildman–Crippen MR) is 84.3 cm³/mol. The van der Waals surface area contributed by atoms with Gasteiger partial charge in [-0.1, -0.05) is 6.92 Å². The van der Waals surface area contributed by atoms with Gasteiger partial charge in [0.15, 0.2) is 0 Å². The Morgan fingerprint density at radius 2 is 2.00 bits per heavy atom. The summed E-state index contributed by atoms with van der Waals surface area (Å²) in [7, 11) is 1.03. The molecule has 0 aromatic heterocycles. The van der Waals surface area contributed by atoms with Crippen LogP contribution < -0.4 is 10.1 Å². The SMILES string of the molecule is COc1cc(N[C@H]2CC[C@@H](C)C2)ccc1S(=O)(=O)N(C)C. The summed E-state index contributed by atoms with van der Waals surface area (Å²) in [5.74, 6) is 1.12. The van der Waals surface area contributed by atoms with E-state index in [1.54, 1.807) is 12.1 Å². The fourth-order valence-electron chi connectivity index (χ4n) is 2.74. The minimum Gasteiger partial charge on any atom is -0.495 e. The molecular formula is C15H24N2O3S. The molecule has 0 aliphatic heterocycles. The highest BCUT2D eigenvalue weighted by molar-refractivity contribution is 7.89. The minimum atomic E-state index is -3.49. The third-order valence-electron chi connectivity index (χ3n) is 3.99. The number of ether oxygens (including phenoxy) is 1. The van der Waals surface area contributed by atoms with Gasteiger partial charge in [-0.3, -0.25) is 0 Å². The number of nitrogens with zero attached hydrogens (tertiary/aromatic N) is 1. The van der Waals surface area contributed by atoms with E-state index in [1.807, 2.05) is 6.07 Å². The molecule has 118 valence electrons. The van der Waals surface area contributed by atoms with Crippen LogP contribution in [-0.2, 0) is 10.0 Å². The Morgan fingerprint density at radius 3 is 2.52 bits per heavy atom. The molecule has 2 rings (SSSR count). The Kier molecular flexibility index (Phi) is 4.78. The van der Waals surface area contributed by atoms with E-state index in [9.17, 15) is 8.42 Å². The van der Waals surface area contributed by atoms with E-state index >= 15 is 0 Å². The summed E-state index contributed by atoms with van der Waals surface area (Å²) in [4.78, 5) is 0.195. The second-order valence-corrected chi connectivity index (χ2v) is 8.03. The first-order valence-electron chi connectivity index (χ1n) is 7.21. The molecule has 5 nitrogen and oxygen atoms in total. The molecule has 0 radical (unpaired) electrons. The van der Waals surface area contributed by atoms with Crippen LogP contribution in [0.15, 0.2) is 23.1 Å². The molecule has 21 heavy (non-hydrogen) atoms. The van der Waals surface area contributed by atoms with Crippen molar-refractivity contribution in [2.24, 2.45) is 5.92 Å². The van der Waals surface area contributed by atoms with E-state index in [2.05, 4.69) is 12.2 Å². The fourth-order valence-corrected chi connectivity index (χ4v) is 3.77. The summed E-state index contributed by atoms with van der Waals surface area (Å²) in [6.45, 7) is 2.26. The number of anilines is 1. The first kappa shape index (κ1) is 16.1. The second-order valence-electron chi connectivity index (χ2n) is 5.91. The number of rotatable bonds is 5. The van der Waals surface area contributed by atoms with Gasteiger partial charge in [-0.05, 0) is 37.3 Å². The molecule has 1 aromatic carbocycles. The van der Waals surface area contributed by atoms with Crippen molar-refractivity contribution in [3.8, 4) is 5.75 Å². The minimum absolute atomic E-state index is 0.195. The third kappa shape index (κ3) is 3.49. The summed E-state index contributed by atoms with van der Waals surface area (Å²) in [5.41, 5.74) is 0.906. The van der Waals surface area contributed by atoms with Gasteiger partial charge in [0.25, 0.3) is 0 Å². The van der Waals surface area contributed by atoms with Crippen LogP contribution in [-0.4, -0.2) is 40.0 Å². The van der Waals surface area contributed by atoms with Crippen LogP contribution in [0.2, 0.25) is 0 Å². The van der Waals surface area contributed by atoms with Crippen LogP contribution in [0.3, 0.4) is 0 Å². The van der Waals surface area contributed by atoms with E-state index < -0.39 is 10.0 Å². The van der Waals surface area contributed by atoms with E-state index in [4.69, 9.17) is 4.74 Å². The number of hydrogen-bond acceptors (Lipinski definition) is 4. The summed E-state index contributed by atoms with van der Waals surface area (Å²) in [6.07, 6.45) is 3.54. The third-order valence-corrected chi connectivity index (χ3v) is 5.84. The lowest BCUT2D eigenvalue weighted by Gasteiger charge is -2.18. The van der Waals surface area contributed by atoms with Gasteiger partial charge in [0.1, 0.15) is 10.6 Å². The second kappa shape index (κ2) is 6.23. The lowest BCUT2D eigenvalue weighted by atomic mass is 10.1. The van der Waals surface area contributed by atoms with Gasteiger partial charge in [0.2, 0.25) is 10.0 Å². The topological polar surface area (TPSA) is 58.6 Å². The molecule has 1 saturated carbocycles.